The van der Waals surface area contributed by atoms with Crippen LogP contribution >= 0.6 is 23.5 Å². The van der Waals surface area contributed by atoms with Crippen LogP contribution in [-0.4, -0.2) is 28.3 Å². The van der Waals surface area contributed by atoms with Crippen LogP contribution in [0.2, 0.25) is 0 Å². The van der Waals surface area contributed by atoms with E-state index in [1.807, 2.05) is 47.8 Å². The van der Waals surface area contributed by atoms with Gasteiger partial charge in [0.05, 0.1) is 6.42 Å². The summed E-state index contributed by atoms with van der Waals surface area (Å²) in [5, 5.41) is 8.63. The highest BCUT2D eigenvalue weighted by Gasteiger charge is 2.00. The van der Waals surface area contributed by atoms with Crippen LogP contribution in [0.1, 0.15) is 12.5 Å². The number of rotatable bonds is 7. The van der Waals surface area contributed by atoms with E-state index in [-0.39, 0.29) is 6.42 Å². The molecule has 0 aliphatic rings. The Morgan fingerprint density at radius 2 is 1.94 bits per heavy atom. The van der Waals surface area contributed by atoms with Crippen LogP contribution in [0.4, 0.5) is 0 Å². The Morgan fingerprint density at radius 3 is 2.50 bits per heavy atom. The van der Waals surface area contributed by atoms with Crippen molar-refractivity contribution in [3.63, 3.8) is 0 Å². The monoisotopic (exact) mass is 256 g/mol. The summed E-state index contributed by atoms with van der Waals surface area (Å²) in [5.74, 6) is 2.66. The maximum absolute atomic E-state index is 10.5. The standard InChI is InChI=1S/C12H16O2S2/c1-2-15-7-8-16-11-5-3-10(4-6-11)9-12(13)14/h3-6H,2,7-9H2,1H3,(H,13,14). The van der Waals surface area contributed by atoms with Gasteiger partial charge in [-0.1, -0.05) is 19.1 Å². The van der Waals surface area contributed by atoms with Crippen LogP contribution in [0.25, 0.3) is 0 Å². The molecule has 0 unspecified atom stereocenters. The second kappa shape index (κ2) is 7.63. The van der Waals surface area contributed by atoms with Crippen molar-refractivity contribution < 1.29 is 9.90 Å². The lowest BCUT2D eigenvalue weighted by Crippen LogP contribution is -1.99. The molecule has 16 heavy (non-hydrogen) atoms. The Kier molecular flexibility index (Phi) is 6.42. The van der Waals surface area contributed by atoms with Crippen molar-refractivity contribution in [2.75, 3.05) is 17.3 Å². The third-order valence-electron chi connectivity index (χ3n) is 1.98. The second-order valence-corrected chi connectivity index (χ2v) is 5.82. The molecule has 4 heteroatoms. The van der Waals surface area contributed by atoms with Gasteiger partial charge in [-0.3, -0.25) is 4.79 Å². The summed E-state index contributed by atoms with van der Waals surface area (Å²) < 4.78 is 0. The number of carboxylic acids is 1. The molecule has 0 aromatic heterocycles. The van der Waals surface area contributed by atoms with Crippen molar-refractivity contribution in [2.24, 2.45) is 0 Å². The number of benzene rings is 1. The van der Waals surface area contributed by atoms with Gasteiger partial charge in [0, 0.05) is 16.4 Å². The van der Waals surface area contributed by atoms with Gasteiger partial charge in [-0.05, 0) is 23.4 Å². The zero-order chi connectivity index (χ0) is 11.8. The van der Waals surface area contributed by atoms with E-state index in [0.29, 0.717) is 0 Å². The Hall–Kier alpha value is -0.610. The molecule has 0 radical (unpaired) electrons. The lowest BCUT2D eigenvalue weighted by atomic mass is 10.2. The van der Waals surface area contributed by atoms with Gasteiger partial charge in [0.15, 0.2) is 0 Å². The van der Waals surface area contributed by atoms with E-state index in [9.17, 15) is 4.79 Å². The van der Waals surface area contributed by atoms with E-state index in [1.165, 1.54) is 4.90 Å². The van der Waals surface area contributed by atoms with E-state index in [4.69, 9.17) is 5.11 Å². The number of carbonyl (C=O) groups is 1. The molecule has 0 fully saturated rings. The summed E-state index contributed by atoms with van der Waals surface area (Å²) in [4.78, 5) is 11.7. The maximum Gasteiger partial charge on any atom is 0.307 e. The van der Waals surface area contributed by atoms with E-state index in [2.05, 4.69) is 6.92 Å². The average molecular weight is 256 g/mol. The summed E-state index contributed by atoms with van der Waals surface area (Å²) in [6.45, 7) is 2.16. The van der Waals surface area contributed by atoms with Gasteiger partial charge in [0.25, 0.3) is 0 Å². The first-order valence-electron chi connectivity index (χ1n) is 5.23. The normalized spacial score (nSPS) is 10.3. The van der Waals surface area contributed by atoms with Gasteiger partial charge in [0.2, 0.25) is 0 Å². The molecule has 0 atom stereocenters. The van der Waals surface area contributed by atoms with E-state index in [0.717, 1.165) is 22.8 Å². The molecule has 1 N–H and O–H groups in total. The molecule has 0 amide bonds. The fourth-order valence-corrected chi connectivity index (χ4v) is 2.90. The van der Waals surface area contributed by atoms with E-state index < -0.39 is 5.97 Å². The first-order valence-corrected chi connectivity index (χ1v) is 7.37. The summed E-state index contributed by atoms with van der Waals surface area (Å²) in [6.07, 6.45) is 0.108. The van der Waals surface area contributed by atoms with Crippen molar-refractivity contribution in [1.82, 2.24) is 0 Å². The highest BCUT2D eigenvalue weighted by molar-refractivity contribution is 8.02. The van der Waals surface area contributed by atoms with Gasteiger partial charge in [0.1, 0.15) is 0 Å². The highest BCUT2D eigenvalue weighted by Crippen LogP contribution is 2.19. The average Bonchev–Trinajstić information content (AvgIpc) is 2.26. The number of thioether (sulfide) groups is 2. The molecule has 0 heterocycles. The highest BCUT2D eigenvalue weighted by atomic mass is 32.2. The molecule has 1 rings (SSSR count). The number of hydrogen-bond donors (Lipinski definition) is 1. The number of hydrogen-bond acceptors (Lipinski definition) is 3. The molecule has 88 valence electrons. The molecule has 0 saturated heterocycles. The van der Waals surface area contributed by atoms with Crippen LogP contribution in [0.5, 0.6) is 0 Å². The predicted molar refractivity (Wildman–Crippen MR) is 71.5 cm³/mol. The quantitative estimate of drug-likeness (QED) is 0.600. The van der Waals surface area contributed by atoms with Crippen LogP contribution < -0.4 is 0 Å². The van der Waals surface area contributed by atoms with Gasteiger partial charge in [-0.15, -0.1) is 11.8 Å². The Labute approximate surface area is 105 Å². The van der Waals surface area contributed by atoms with Crippen LogP contribution in [0, 0.1) is 0 Å². The number of aliphatic carboxylic acids is 1. The smallest absolute Gasteiger partial charge is 0.307 e. The van der Waals surface area contributed by atoms with Crippen molar-refractivity contribution in [3.8, 4) is 0 Å². The molecule has 0 saturated carbocycles. The largest absolute Gasteiger partial charge is 0.481 e. The zero-order valence-corrected chi connectivity index (χ0v) is 10.9. The first-order chi connectivity index (χ1) is 7.72. The summed E-state index contributed by atoms with van der Waals surface area (Å²) in [6, 6.07) is 7.78. The molecular weight excluding hydrogens is 240 g/mol. The summed E-state index contributed by atoms with van der Waals surface area (Å²) in [5.41, 5.74) is 0.861. The van der Waals surface area contributed by atoms with Gasteiger partial charge in [-0.25, -0.2) is 0 Å². The van der Waals surface area contributed by atoms with Gasteiger partial charge in [-0.2, -0.15) is 11.8 Å². The molecule has 1 aromatic carbocycles. The minimum atomic E-state index is -0.778. The zero-order valence-electron chi connectivity index (χ0n) is 9.31. The summed E-state index contributed by atoms with van der Waals surface area (Å²) >= 11 is 3.76. The van der Waals surface area contributed by atoms with Crippen molar-refractivity contribution >= 4 is 29.5 Å². The van der Waals surface area contributed by atoms with Crippen molar-refractivity contribution in [1.29, 1.82) is 0 Å². The van der Waals surface area contributed by atoms with Crippen LogP contribution in [0.15, 0.2) is 29.2 Å². The fourth-order valence-electron chi connectivity index (χ4n) is 1.24. The molecule has 0 aliphatic heterocycles. The lowest BCUT2D eigenvalue weighted by Gasteiger charge is -2.02. The minimum Gasteiger partial charge on any atom is -0.481 e. The van der Waals surface area contributed by atoms with Crippen molar-refractivity contribution in [3.05, 3.63) is 29.8 Å². The Morgan fingerprint density at radius 1 is 1.25 bits per heavy atom. The molecular formula is C12H16O2S2. The lowest BCUT2D eigenvalue weighted by molar-refractivity contribution is -0.136. The molecule has 0 aliphatic carbocycles. The Bertz CT molecular complexity index is 322. The third-order valence-corrected chi connectivity index (χ3v) is 4.15. The van der Waals surface area contributed by atoms with Crippen LogP contribution in [0.3, 0.4) is 0 Å². The van der Waals surface area contributed by atoms with Gasteiger partial charge < -0.3 is 5.11 Å². The topological polar surface area (TPSA) is 37.3 Å². The molecule has 2 nitrogen and oxygen atoms in total. The van der Waals surface area contributed by atoms with Gasteiger partial charge >= 0.3 is 5.97 Å². The fraction of sp³-hybridized carbons (Fsp3) is 0.417. The second-order valence-electron chi connectivity index (χ2n) is 3.26. The van der Waals surface area contributed by atoms with E-state index in [1.54, 1.807) is 0 Å². The molecule has 0 bridgehead atoms. The van der Waals surface area contributed by atoms with Crippen LogP contribution in [-0.2, 0) is 11.2 Å². The SMILES string of the molecule is CCSCCSc1ccc(CC(=O)O)cc1. The molecule has 1 aromatic rings. The first kappa shape index (κ1) is 13.5. The minimum absolute atomic E-state index is 0.108. The summed E-state index contributed by atoms with van der Waals surface area (Å²) in [7, 11) is 0. The molecule has 0 spiro atoms. The number of carboxylic acid groups (broad SMARTS) is 1. The predicted octanol–water partition coefficient (Wildman–Crippen LogP) is 3.16. The maximum atomic E-state index is 10.5. The third kappa shape index (κ3) is 5.47. The van der Waals surface area contributed by atoms with E-state index >= 15 is 0 Å². The van der Waals surface area contributed by atoms with Crippen molar-refractivity contribution in [2.45, 2.75) is 18.2 Å². The Balaban J connectivity index is 2.36.